The van der Waals surface area contributed by atoms with E-state index in [-0.39, 0.29) is 0 Å². The Morgan fingerprint density at radius 2 is 2.55 bits per heavy atom. The number of nitrogens with zero attached hydrogens (tertiary/aromatic N) is 1. The molecule has 0 aliphatic heterocycles. The predicted molar refractivity (Wildman–Crippen MR) is 43.4 cm³/mol. The zero-order valence-corrected chi connectivity index (χ0v) is 7.18. The molecule has 0 saturated carbocycles. The number of rotatable bonds is 5. The van der Waals surface area contributed by atoms with Gasteiger partial charge in [-0.25, -0.2) is 0 Å². The van der Waals surface area contributed by atoms with E-state index in [1.807, 2.05) is 0 Å². The molecule has 0 aromatic rings. The first-order chi connectivity index (χ1) is 5.20. The lowest BCUT2D eigenvalue weighted by atomic mass is 10.9. The molecule has 0 aliphatic rings. The van der Waals surface area contributed by atoms with E-state index in [9.17, 15) is 10.1 Å². The fourth-order valence-electron chi connectivity index (χ4n) is 0.360. The highest BCUT2D eigenvalue weighted by Crippen LogP contribution is 2.06. The van der Waals surface area contributed by atoms with Gasteiger partial charge in [-0.1, -0.05) is 0 Å². The van der Waals surface area contributed by atoms with Crippen molar-refractivity contribution in [1.29, 1.82) is 0 Å². The second kappa shape index (κ2) is 5.99. The Balaban J connectivity index is 3.84. The van der Waals surface area contributed by atoms with Gasteiger partial charge in [0.25, 0.3) is 6.20 Å². The Hall–Kier alpha value is -0.750. The highest BCUT2D eigenvalue weighted by molar-refractivity contribution is 8.02. The lowest BCUT2D eigenvalue weighted by molar-refractivity contribution is -0.403. The fourth-order valence-corrected chi connectivity index (χ4v) is 0.693. The van der Waals surface area contributed by atoms with E-state index in [0.29, 0.717) is 11.6 Å². The van der Waals surface area contributed by atoms with E-state index in [1.54, 1.807) is 13.2 Å². The molecule has 0 spiro atoms. The smallest absolute Gasteiger partial charge is 0.266 e. The van der Waals surface area contributed by atoms with Crippen molar-refractivity contribution in [2.24, 2.45) is 0 Å². The maximum atomic E-state index is 9.95. The Morgan fingerprint density at radius 3 is 2.91 bits per heavy atom. The molecule has 6 heteroatoms. The third kappa shape index (κ3) is 5.68. The monoisotopic (exact) mass is 178 g/mol. The second-order valence-corrected chi connectivity index (χ2v) is 2.37. The molecule has 0 aliphatic carbocycles. The molecule has 1 N–H and O–H groups in total. The number of nitro groups is 1. The largest absolute Gasteiger partial charge is 0.276 e. The van der Waals surface area contributed by atoms with Gasteiger partial charge in [-0.2, -0.15) is 0 Å². The van der Waals surface area contributed by atoms with Crippen molar-refractivity contribution in [1.82, 2.24) is 5.48 Å². The van der Waals surface area contributed by atoms with Crippen LogP contribution in [0.3, 0.4) is 0 Å². The third-order valence-corrected chi connectivity index (χ3v) is 1.39. The fraction of sp³-hybridized carbons (Fsp3) is 0.600. The van der Waals surface area contributed by atoms with Crippen LogP contribution in [0.15, 0.2) is 11.2 Å². The lowest BCUT2D eigenvalue weighted by Crippen LogP contribution is -2.12. The maximum absolute atomic E-state index is 9.95. The van der Waals surface area contributed by atoms with Crippen LogP contribution in [0.5, 0.6) is 0 Å². The normalized spacial score (nSPS) is 11.3. The number of thioether (sulfide) groups is 1. The van der Waals surface area contributed by atoms with Gasteiger partial charge in [0.15, 0.2) is 5.03 Å². The summed E-state index contributed by atoms with van der Waals surface area (Å²) in [5.41, 5.74) is 2.43. The Kier molecular flexibility index (Phi) is 5.58. The molecule has 0 saturated heterocycles. The second-order valence-electron chi connectivity index (χ2n) is 1.52. The molecule has 11 heavy (non-hydrogen) atoms. The highest BCUT2D eigenvalue weighted by atomic mass is 32.2. The van der Waals surface area contributed by atoms with Gasteiger partial charge >= 0.3 is 0 Å². The van der Waals surface area contributed by atoms with Gasteiger partial charge in [0.05, 0.1) is 11.5 Å². The molecule has 64 valence electrons. The van der Waals surface area contributed by atoms with Gasteiger partial charge in [0.2, 0.25) is 0 Å². The molecule has 0 heterocycles. The van der Waals surface area contributed by atoms with Crippen LogP contribution in [0.25, 0.3) is 0 Å². The number of nitrogens with one attached hydrogen (secondary N) is 1. The van der Waals surface area contributed by atoms with Crippen LogP contribution in [0.2, 0.25) is 0 Å². The van der Waals surface area contributed by atoms with E-state index < -0.39 is 4.92 Å². The van der Waals surface area contributed by atoms with Crippen LogP contribution in [0, 0.1) is 10.1 Å². The zero-order valence-electron chi connectivity index (χ0n) is 6.36. The number of hydrogen-bond acceptors (Lipinski definition) is 5. The first-order valence-electron chi connectivity index (χ1n) is 2.97. The first kappa shape index (κ1) is 10.2. The van der Waals surface area contributed by atoms with Gasteiger partial charge in [0, 0.05) is 0 Å². The van der Waals surface area contributed by atoms with Crippen molar-refractivity contribution < 1.29 is 9.76 Å². The van der Waals surface area contributed by atoms with Crippen molar-refractivity contribution in [2.75, 3.05) is 12.9 Å². The molecular formula is C5H10N2O3S. The summed E-state index contributed by atoms with van der Waals surface area (Å²) in [5.74, 6) is 0. The van der Waals surface area contributed by atoms with Crippen molar-refractivity contribution in [3.8, 4) is 0 Å². The minimum atomic E-state index is -0.530. The molecule has 0 unspecified atom stereocenters. The molecule has 0 rings (SSSR count). The van der Waals surface area contributed by atoms with E-state index in [4.69, 9.17) is 4.84 Å². The van der Waals surface area contributed by atoms with E-state index in [1.165, 1.54) is 11.8 Å². The summed E-state index contributed by atoms with van der Waals surface area (Å²) < 4.78 is 0. The average Bonchev–Trinajstić information content (AvgIpc) is 1.97. The molecule has 0 radical (unpaired) electrons. The molecular weight excluding hydrogens is 168 g/mol. The van der Waals surface area contributed by atoms with Crippen LogP contribution < -0.4 is 5.48 Å². The standard InChI is InChI=1S/C5H10N2O3S/c1-3-10-6-5(11-2)4-7(8)9/h4,6H,3H2,1-2H3. The number of hydrogen-bond donors (Lipinski definition) is 1. The first-order valence-corrected chi connectivity index (χ1v) is 4.20. The van der Waals surface area contributed by atoms with Gasteiger partial charge in [0.1, 0.15) is 0 Å². The van der Waals surface area contributed by atoms with Gasteiger partial charge in [-0.05, 0) is 13.2 Å². The summed E-state index contributed by atoms with van der Waals surface area (Å²) in [5, 5.41) is 10.3. The quantitative estimate of drug-likeness (QED) is 0.502. The summed E-state index contributed by atoms with van der Waals surface area (Å²) >= 11 is 1.22. The summed E-state index contributed by atoms with van der Waals surface area (Å²) in [7, 11) is 0. The summed E-state index contributed by atoms with van der Waals surface area (Å²) in [6, 6.07) is 0. The Bertz CT molecular complexity index is 160. The average molecular weight is 178 g/mol. The highest BCUT2D eigenvalue weighted by Gasteiger charge is 1.98. The minimum Gasteiger partial charge on any atom is -0.276 e. The molecule has 5 nitrogen and oxygen atoms in total. The van der Waals surface area contributed by atoms with Crippen molar-refractivity contribution in [3.05, 3.63) is 21.3 Å². The molecule has 0 amide bonds. The Labute approximate surface area is 68.9 Å². The predicted octanol–water partition coefficient (Wildman–Crippen LogP) is 0.966. The third-order valence-electron chi connectivity index (χ3n) is 0.760. The topological polar surface area (TPSA) is 64.4 Å². The SMILES string of the molecule is CCONC(=C[N+](=O)[O-])SC. The van der Waals surface area contributed by atoms with Gasteiger partial charge < -0.3 is 0 Å². The van der Waals surface area contributed by atoms with Crippen LogP contribution in [-0.2, 0) is 4.84 Å². The van der Waals surface area contributed by atoms with Gasteiger partial charge in [-0.15, -0.1) is 11.8 Å². The zero-order chi connectivity index (χ0) is 8.69. The van der Waals surface area contributed by atoms with Crippen molar-refractivity contribution in [3.63, 3.8) is 0 Å². The van der Waals surface area contributed by atoms with Crippen LogP contribution in [0.4, 0.5) is 0 Å². The van der Waals surface area contributed by atoms with E-state index >= 15 is 0 Å². The lowest BCUT2D eigenvalue weighted by Gasteiger charge is -2.02. The maximum Gasteiger partial charge on any atom is 0.266 e. The van der Waals surface area contributed by atoms with E-state index in [2.05, 4.69) is 5.48 Å². The van der Waals surface area contributed by atoms with Crippen LogP contribution in [-0.4, -0.2) is 17.8 Å². The summed E-state index contributed by atoms with van der Waals surface area (Å²) in [6.45, 7) is 2.26. The molecule has 0 bridgehead atoms. The van der Waals surface area contributed by atoms with E-state index in [0.717, 1.165) is 6.20 Å². The van der Waals surface area contributed by atoms with Crippen molar-refractivity contribution >= 4 is 11.8 Å². The molecule has 0 fully saturated rings. The summed E-state index contributed by atoms with van der Waals surface area (Å²) in [6.07, 6.45) is 2.58. The Morgan fingerprint density at radius 1 is 1.91 bits per heavy atom. The molecule has 0 aromatic carbocycles. The van der Waals surface area contributed by atoms with Crippen LogP contribution >= 0.6 is 11.8 Å². The number of hydroxylamine groups is 1. The van der Waals surface area contributed by atoms with Crippen LogP contribution in [0.1, 0.15) is 6.92 Å². The summed E-state index contributed by atoms with van der Waals surface area (Å²) in [4.78, 5) is 14.2. The minimum absolute atomic E-state index is 0.386. The molecule has 0 atom stereocenters. The molecule has 0 aromatic heterocycles. The van der Waals surface area contributed by atoms with Crippen molar-refractivity contribution in [2.45, 2.75) is 6.92 Å². The van der Waals surface area contributed by atoms with Gasteiger partial charge in [-0.3, -0.25) is 20.4 Å².